The zero-order chi connectivity index (χ0) is 32.1. The van der Waals surface area contributed by atoms with Gasteiger partial charge in [0.2, 0.25) is 5.82 Å². The number of pyridine rings is 1. The van der Waals surface area contributed by atoms with Gasteiger partial charge in [-0.25, -0.2) is 4.79 Å². The van der Waals surface area contributed by atoms with Crippen molar-refractivity contribution in [3.8, 4) is 17.8 Å². The van der Waals surface area contributed by atoms with Gasteiger partial charge in [0.05, 0.1) is 41.7 Å². The van der Waals surface area contributed by atoms with Crippen molar-refractivity contribution in [1.29, 1.82) is 5.26 Å². The summed E-state index contributed by atoms with van der Waals surface area (Å²) in [5.74, 6) is -0.246. The van der Waals surface area contributed by atoms with Gasteiger partial charge < -0.3 is 24.4 Å². The normalized spacial score (nSPS) is 19.3. The zero-order valence-corrected chi connectivity index (χ0v) is 25.0. The lowest BCUT2D eigenvalue weighted by molar-refractivity contribution is -0.385. The van der Waals surface area contributed by atoms with Gasteiger partial charge in [0.25, 0.3) is 0 Å². The standard InChI is InChI=1S/C31H33N7O7/c1-3-23-25(11-7-15-33-23)45-29-34-24(18-31(28(39)44-2)13-6-9-20-8-4-5-10-22(20)31)26(38(42)43)27(35-29)36-16-17-37(30(40)41)21(19-36)12-14-32/h4-5,7-8,10-11,15,21H,3,6,9,12-13,16-19H2,1-2H3,(H,40,41). The average molecular weight is 616 g/mol. The Morgan fingerprint density at radius 1 is 1.20 bits per heavy atom. The fourth-order valence-electron chi connectivity index (χ4n) is 6.37. The molecule has 2 aromatic heterocycles. The number of rotatable bonds is 9. The van der Waals surface area contributed by atoms with Gasteiger partial charge >= 0.3 is 23.8 Å². The Morgan fingerprint density at radius 3 is 2.71 bits per heavy atom. The van der Waals surface area contributed by atoms with E-state index < -0.39 is 34.1 Å². The Hall–Kier alpha value is -5.32. The second-order valence-corrected chi connectivity index (χ2v) is 11.0. The monoisotopic (exact) mass is 615 g/mol. The van der Waals surface area contributed by atoms with Crippen LogP contribution >= 0.6 is 0 Å². The Kier molecular flexibility index (Phi) is 9.08. The number of nitrogens with zero attached hydrogens (tertiary/aromatic N) is 7. The van der Waals surface area contributed by atoms with Crippen LogP contribution in [0.25, 0.3) is 0 Å². The second kappa shape index (κ2) is 13.1. The van der Waals surface area contributed by atoms with E-state index in [0.717, 1.165) is 22.4 Å². The fraction of sp³-hybridized carbons (Fsp3) is 0.419. The number of benzene rings is 1. The van der Waals surface area contributed by atoms with E-state index in [4.69, 9.17) is 9.47 Å². The van der Waals surface area contributed by atoms with Crippen LogP contribution in [-0.4, -0.2) is 74.7 Å². The minimum absolute atomic E-state index is 0.00355. The van der Waals surface area contributed by atoms with Crippen LogP contribution in [0.15, 0.2) is 42.6 Å². The van der Waals surface area contributed by atoms with E-state index in [9.17, 15) is 30.1 Å². The molecule has 1 saturated heterocycles. The molecule has 14 heteroatoms. The number of nitriles is 1. The third-order valence-corrected chi connectivity index (χ3v) is 8.47. The van der Waals surface area contributed by atoms with E-state index in [1.165, 1.54) is 7.11 Å². The van der Waals surface area contributed by atoms with Crippen LogP contribution in [0.2, 0.25) is 0 Å². The summed E-state index contributed by atoms with van der Waals surface area (Å²) in [6.45, 7) is 1.95. The molecule has 3 heterocycles. The molecule has 45 heavy (non-hydrogen) atoms. The third kappa shape index (κ3) is 6.06. The van der Waals surface area contributed by atoms with Crippen LogP contribution in [0, 0.1) is 21.4 Å². The van der Waals surface area contributed by atoms with Gasteiger partial charge in [0.15, 0.2) is 5.75 Å². The van der Waals surface area contributed by atoms with Gasteiger partial charge in [-0.3, -0.25) is 19.9 Å². The molecule has 2 unspecified atom stereocenters. The summed E-state index contributed by atoms with van der Waals surface area (Å²) >= 11 is 0. The van der Waals surface area contributed by atoms with Crippen molar-refractivity contribution in [2.45, 2.75) is 56.9 Å². The number of carbonyl (C=O) groups is 2. The van der Waals surface area contributed by atoms with Gasteiger partial charge in [-0.15, -0.1) is 0 Å². The van der Waals surface area contributed by atoms with Crippen molar-refractivity contribution in [3.63, 3.8) is 0 Å². The summed E-state index contributed by atoms with van der Waals surface area (Å²) in [7, 11) is 1.29. The summed E-state index contributed by atoms with van der Waals surface area (Å²) in [6.07, 6.45) is 2.48. The SMILES string of the molecule is CCc1ncccc1Oc1nc(CC2(C(=O)OC)CCCc3ccccc32)c([N+](=O)[O-])c(N2CCN(C(=O)O)C(CC#N)C2)n1. The molecule has 3 aromatic rings. The molecule has 1 aromatic carbocycles. The lowest BCUT2D eigenvalue weighted by Crippen LogP contribution is -2.55. The number of ether oxygens (including phenoxy) is 2. The second-order valence-electron chi connectivity index (χ2n) is 11.0. The number of esters is 1. The first-order valence-corrected chi connectivity index (χ1v) is 14.7. The Bertz CT molecular complexity index is 1660. The van der Waals surface area contributed by atoms with Crippen molar-refractivity contribution in [3.05, 3.63) is 75.2 Å². The molecule has 2 aliphatic rings. The maximum absolute atomic E-state index is 13.6. The van der Waals surface area contributed by atoms with Crippen LogP contribution in [0.3, 0.4) is 0 Å². The van der Waals surface area contributed by atoms with E-state index in [1.807, 2.05) is 37.3 Å². The van der Waals surface area contributed by atoms with E-state index >= 15 is 0 Å². The molecule has 1 aliphatic heterocycles. The molecule has 2 atom stereocenters. The summed E-state index contributed by atoms with van der Waals surface area (Å²) in [5, 5.41) is 31.9. The number of fused-ring (bicyclic) bond motifs is 1. The number of methoxy groups -OCH3 is 1. The van der Waals surface area contributed by atoms with Crippen LogP contribution in [0.5, 0.6) is 11.8 Å². The highest BCUT2D eigenvalue weighted by Crippen LogP contribution is 2.44. The Morgan fingerprint density at radius 2 is 2.00 bits per heavy atom. The summed E-state index contributed by atoms with van der Waals surface area (Å²) in [4.78, 5) is 53.9. The molecule has 14 nitrogen and oxygen atoms in total. The highest BCUT2D eigenvalue weighted by Gasteiger charge is 2.47. The number of hydrogen-bond acceptors (Lipinski definition) is 11. The molecule has 1 N–H and O–H groups in total. The number of carbonyl (C=O) groups excluding carboxylic acids is 1. The molecule has 0 bridgehead atoms. The molecule has 0 spiro atoms. The van der Waals surface area contributed by atoms with Crippen molar-refractivity contribution in [2.75, 3.05) is 31.6 Å². The average Bonchev–Trinajstić information content (AvgIpc) is 3.04. The minimum atomic E-state index is -1.26. The Balaban J connectivity index is 1.69. The number of carboxylic acid groups (broad SMARTS) is 1. The van der Waals surface area contributed by atoms with Gasteiger partial charge in [-0.1, -0.05) is 31.2 Å². The largest absolute Gasteiger partial charge is 0.468 e. The molecule has 234 valence electrons. The van der Waals surface area contributed by atoms with E-state index in [-0.39, 0.29) is 50.0 Å². The van der Waals surface area contributed by atoms with E-state index in [2.05, 4.69) is 15.0 Å². The predicted molar refractivity (Wildman–Crippen MR) is 160 cm³/mol. The molecule has 1 amide bonds. The number of piperazine rings is 1. The quantitative estimate of drug-likeness (QED) is 0.206. The molecule has 0 saturated carbocycles. The lowest BCUT2D eigenvalue weighted by Gasteiger charge is -2.39. The number of aryl methyl sites for hydroxylation is 2. The van der Waals surface area contributed by atoms with Gasteiger partial charge in [0, 0.05) is 32.3 Å². The summed E-state index contributed by atoms with van der Waals surface area (Å²) in [6, 6.07) is 11.9. The van der Waals surface area contributed by atoms with Crippen molar-refractivity contribution >= 4 is 23.6 Å². The molecular formula is C31H33N7O7. The Labute approximate surface area is 259 Å². The molecule has 1 fully saturated rings. The number of amides is 1. The van der Waals surface area contributed by atoms with Crippen molar-refractivity contribution in [2.24, 2.45) is 0 Å². The van der Waals surface area contributed by atoms with Gasteiger partial charge in [-0.05, 0) is 48.9 Å². The minimum Gasteiger partial charge on any atom is -0.468 e. The first-order chi connectivity index (χ1) is 21.7. The van der Waals surface area contributed by atoms with Crippen LogP contribution < -0.4 is 9.64 Å². The third-order valence-electron chi connectivity index (χ3n) is 8.47. The molecular weight excluding hydrogens is 582 g/mol. The highest BCUT2D eigenvalue weighted by atomic mass is 16.6. The maximum Gasteiger partial charge on any atom is 0.407 e. The summed E-state index contributed by atoms with van der Waals surface area (Å²) in [5.41, 5.74) is 0.598. The van der Waals surface area contributed by atoms with E-state index in [1.54, 1.807) is 23.2 Å². The van der Waals surface area contributed by atoms with Crippen molar-refractivity contribution < 1.29 is 29.1 Å². The first kappa shape index (κ1) is 31.1. The maximum atomic E-state index is 13.6. The molecule has 5 rings (SSSR count). The van der Waals surface area contributed by atoms with Crippen LogP contribution in [0.4, 0.5) is 16.3 Å². The fourth-order valence-corrected chi connectivity index (χ4v) is 6.37. The van der Waals surface area contributed by atoms with Crippen LogP contribution in [0.1, 0.15) is 48.7 Å². The smallest absolute Gasteiger partial charge is 0.407 e. The van der Waals surface area contributed by atoms with Gasteiger partial charge in [-0.2, -0.15) is 15.2 Å². The lowest BCUT2D eigenvalue weighted by atomic mass is 9.67. The number of anilines is 1. The van der Waals surface area contributed by atoms with E-state index in [0.29, 0.717) is 30.7 Å². The van der Waals surface area contributed by atoms with Crippen molar-refractivity contribution in [1.82, 2.24) is 19.9 Å². The number of hydrogen-bond donors (Lipinski definition) is 1. The predicted octanol–water partition coefficient (Wildman–Crippen LogP) is 4.21. The zero-order valence-electron chi connectivity index (χ0n) is 25.0. The molecule has 0 radical (unpaired) electrons. The number of nitro groups is 1. The van der Waals surface area contributed by atoms with Gasteiger partial charge in [0.1, 0.15) is 5.69 Å². The highest BCUT2D eigenvalue weighted by molar-refractivity contribution is 5.85. The summed E-state index contributed by atoms with van der Waals surface area (Å²) < 4.78 is 11.4. The topological polar surface area (TPSA) is 185 Å². The molecule has 1 aliphatic carbocycles. The van der Waals surface area contributed by atoms with Crippen LogP contribution in [-0.2, 0) is 34.2 Å². The number of aromatic nitrogens is 3. The first-order valence-electron chi connectivity index (χ1n) is 14.7.